The monoisotopic (exact) mass is 255 g/mol. The van der Waals surface area contributed by atoms with Crippen molar-refractivity contribution in [3.8, 4) is 0 Å². The molecule has 3 aliphatic rings. The Morgan fingerprint density at radius 3 is 2.00 bits per heavy atom. The van der Waals surface area contributed by atoms with E-state index >= 15 is 0 Å². The van der Waals surface area contributed by atoms with Crippen molar-refractivity contribution < 1.29 is 14.3 Å². The molecule has 18 heavy (non-hydrogen) atoms. The lowest BCUT2D eigenvalue weighted by Gasteiger charge is -2.74. The number of hydrogen-bond donors (Lipinski definition) is 1. The second kappa shape index (κ2) is 3.62. The Labute approximate surface area is 109 Å². The molecule has 104 valence electrons. The van der Waals surface area contributed by atoms with E-state index in [1.54, 1.807) is 7.11 Å². The van der Waals surface area contributed by atoms with Crippen molar-refractivity contribution in [3.63, 3.8) is 0 Å². The zero-order valence-corrected chi connectivity index (χ0v) is 12.3. The summed E-state index contributed by atoms with van der Waals surface area (Å²) >= 11 is 0. The summed E-state index contributed by atoms with van der Waals surface area (Å²) in [6.45, 7) is 9.89. The molecule has 3 aliphatic carbocycles. The van der Waals surface area contributed by atoms with Crippen LogP contribution in [0.25, 0.3) is 0 Å². The highest BCUT2D eigenvalue weighted by atomic mass is 16.6. The van der Waals surface area contributed by atoms with Crippen LogP contribution < -0.4 is 5.32 Å². The minimum absolute atomic E-state index is 0.0296. The molecule has 1 N–H and O–H groups in total. The molecular weight excluding hydrogens is 230 g/mol. The molecule has 0 spiro atoms. The van der Waals surface area contributed by atoms with Gasteiger partial charge in [-0.3, -0.25) is 0 Å². The lowest BCUT2D eigenvalue weighted by Crippen LogP contribution is -2.80. The predicted octanol–water partition coefficient (Wildman–Crippen LogP) is 2.86. The first-order chi connectivity index (χ1) is 8.03. The van der Waals surface area contributed by atoms with E-state index in [2.05, 4.69) is 19.2 Å². The fourth-order valence-corrected chi connectivity index (χ4v) is 3.30. The summed E-state index contributed by atoms with van der Waals surface area (Å²) in [7, 11) is 1.76. The first-order valence-electron chi connectivity index (χ1n) is 6.60. The largest absolute Gasteiger partial charge is 0.444 e. The molecule has 3 saturated carbocycles. The third-order valence-electron chi connectivity index (χ3n) is 4.58. The SMILES string of the molecule is COC(C)(C)C12CC(NC(=O)OC(C)(C)C)(C1)C2. The average Bonchev–Trinajstić information content (AvgIpc) is 2.05. The van der Waals surface area contributed by atoms with Crippen molar-refractivity contribution >= 4 is 6.09 Å². The van der Waals surface area contributed by atoms with Gasteiger partial charge in [-0.2, -0.15) is 0 Å². The predicted molar refractivity (Wildman–Crippen MR) is 69.5 cm³/mol. The van der Waals surface area contributed by atoms with Crippen LogP contribution in [0.3, 0.4) is 0 Å². The van der Waals surface area contributed by atoms with E-state index < -0.39 is 5.60 Å². The van der Waals surface area contributed by atoms with Gasteiger partial charge in [0.1, 0.15) is 5.60 Å². The van der Waals surface area contributed by atoms with Crippen LogP contribution in [0.1, 0.15) is 53.9 Å². The molecule has 0 aliphatic heterocycles. The highest BCUT2D eigenvalue weighted by molar-refractivity contribution is 5.70. The highest BCUT2D eigenvalue weighted by Crippen LogP contribution is 2.72. The number of rotatable bonds is 3. The van der Waals surface area contributed by atoms with E-state index in [0.29, 0.717) is 0 Å². The van der Waals surface area contributed by atoms with Crippen LogP contribution in [0.4, 0.5) is 4.79 Å². The molecule has 0 radical (unpaired) electrons. The smallest absolute Gasteiger partial charge is 0.408 e. The minimum Gasteiger partial charge on any atom is -0.444 e. The topological polar surface area (TPSA) is 47.6 Å². The molecule has 0 heterocycles. The number of ether oxygens (including phenoxy) is 2. The van der Waals surface area contributed by atoms with Gasteiger partial charge in [0.05, 0.1) is 5.60 Å². The van der Waals surface area contributed by atoms with E-state index in [4.69, 9.17) is 9.47 Å². The first-order valence-corrected chi connectivity index (χ1v) is 6.60. The number of amides is 1. The maximum Gasteiger partial charge on any atom is 0.408 e. The van der Waals surface area contributed by atoms with Gasteiger partial charge in [-0.25, -0.2) is 4.79 Å². The van der Waals surface area contributed by atoms with Crippen LogP contribution >= 0.6 is 0 Å². The van der Waals surface area contributed by atoms with Crippen LogP contribution in [0.5, 0.6) is 0 Å². The lowest BCUT2D eigenvalue weighted by atomic mass is 9.35. The molecule has 4 heteroatoms. The number of carbonyl (C=O) groups is 1. The number of methoxy groups -OCH3 is 1. The molecule has 1 amide bonds. The van der Waals surface area contributed by atoms with E-state index in [1.807, 2.05) is 20.8 Å². The van der Waals surface area contributed by atoms with Gasteiger partial charge in [-0.1, -0.05) is 0 Å². The zero-order chi connectivity index (χ0) is 13.8. The standard InChI is InChI=1S/C14H25NO3/c1-11(2,3)18-10(16)15-14-7-13(8-14,9-14)12(4,5)17-6/h7-9H2,1-6H3,(H,15,16). The minimum atomic E-state index is -0.433. The molecule has 0 aromatic carbocycles. The maximum absolute atomic E-state index is 11.8. The highest BCUT2D eigenvalue weighted by Gasteiger charge is 2.74. The third-order valence-corrected chi connectivity index (χ3v) is 4.58. The quantitative estimate of drug-likeness (QED) is 0.843. The van der Waals surface area contributed by atoms with Crippen LogP contribution in [0, 0.1) is 5.41 Å². The average molecular weight is 255 g/mol. The number of alkyl carbamates (subject to hydrolysis) is 1. The van der Waals surface area contributed by atoms with Crippen molar-refractivity contribution in [2.45, 2.75) is 70.6 Å². The maximum atomic E-state index is 11.8. The Morgan fingerprint density at radius 2 is 1.61 bits per heavy atom. The Morgan fingerprint density at radius 1 is 1.11 bits per heavy atom. The summed E-state index contributed by atoms with van der Waals surface area (Å²) in [4.78, 5) is 11.8. The van der Waals surface area contributed by atoms with Gasteiger partial charge in [-0.15, -0.1) is 0 Å². The van der Waals surface area contributed by atoms with Gasteiger partial charge in [0.15, 0.2) is 0 Å². The van der Waals surface area contributed by atoms with Gasteiger partial charge in [0.25, 0.3) is 0 Å². The number of nitrogens with one attached hydrogen (secondary N) is 1. The summed E-state index contributed by atoms with van der Waals surface area (Å²) in [5.74, 6) is 0. The molecule has 0 aromatic heterocycles. The summed E-state index contributed by atoms with van der Waals surface area (Å²) in [6.07, 6.45) is 2.70. The lowest BCUT2D eigenvalue weighted by molar-refractivity contribution is -0.257. The number of carbonyl (C=O) groups excluding carboxylic acids is 1. The first kappa shape index (κ1) is 13.7. The summed E-state index contributed by atoms with van der Waals surface area (Å²) < 4.78 is 10.9. The van der Waals surface area contributed by atoms with Crippen LogP contribution in [0.15, 0.2) is 0 Å². The van der Waals surface area contributed by atoms with Gasteiger partial charge in [0, 0.05) is 18.1 Å². The zero-order valence-electron chi connectivity index (χ0n) is 12.3. The normalized spacial score (nSPS) is 34.3. The summed E-state index contributed by atoms with van der Waals surface area (Å²) in [6, 6.07) is 0. The van der Waals surface area contributed by atoms with Crippen molar-refractivity contribution in [1.29, 1.82) is 0 Å². The van der Waals surface area contributed by atoms with Gasteiger partial charge in [-0.05, 0) is 53.9 Å². The Kier molecular flexibility index (Phi) is 2.75. The molecule has 0 saturated heterocycles. The van der Waals surface area contributed by atoms with Gasteiger partial charge >= 0.3 is 6.09 Å². The van der Waals surface area contributed by atoms with Crippen LogP contribution in [0.2, 0.25) is 0 Å². The molecule has 3 fully saturated rings. The van der Waals surface area contributed by atoms with Crippen molar-refractivity contribution in [2.24, 2.45) is 5.41 Å². The molecule has 4 nitrogen and oxygen atoms in total. The second-order valence-electron chi connectivity index (χ2n) is 7.43. The van der Waals surface area contributed by atoms with Crippen molar-refractivity contribution in [2.75, 3.05) is 7.11 Å². The Hall–Kier alpha value is -0.770. The van der Waals surface area contributed by atoms with Gasteiger partial charge in [0.2, 0.25) is 0 Å². The summed E-state index contributed by atoms with van der Waals surface area (Å²) in [5, 5.41) is 3.02. The van der Waals surface area contributed by atoms with Gasteiger partial charge < -0.3 is 14.8 Å². The fraction of sp³-hybridized carbons (Fsp3) is 0.929. The van der Waals surface area contributed by atoms with Crippen molar-refractivity contribution in [3.05, 3.63) is 0 Å². The second-order valence-corrected chi connectivity index (χ2v) is 7.43. The van der Waals surface area contributed by atoms with E-state index in [-0.39, 0.29) is 22.6 Å². The fourth-order valence-electron chi connectivity index (χ4n) is 3.30. The molecule has 2 bridgehead atoms. The molecule has 0 unspecified atom stereocenters. The van der Waals surface area contributed by atoms with E-state index in [9.17, 15) is 4.79 Å². The Bertz CT molecular complexity index is 348. The van der Waals surface area contributed by atoms with E-state index in [1.165, 1.54) is 0 Å². The third kappa shape index (κ3) is 2.00. The van der Waals surface area contributed by atoms with E-state index in [0.717, 1.165) is 19.3 Å². The van der Waals surface area contributed by atoms with Crippen LogP contribution in [-0.4, -0.2) is 29.9 Å². The molecular formula is C14H25NO3. The van der Waals surface area contributed by atoms with Crippen molar-refractivity contribution in [1.82, 2.24) is 5.32 Å². The molecule has 3 rings (SSSR count). The summed E-state index contributed by atoms with van der Waals surface area (Å²) in [5.41, 5.74) is -0.323. The molecule has 0 aromatic rings. The molecule has 0 atom stereocenters. The Balaban J connectivity index is 1.86. The number of hydrogen-bond acceptors (Lipinski definition) is 3. The van der Waals surface area contributed by atoms with Crippen LogP contribution in [-0.2, 0) is 9.47 Å².